The van der Waals surface area contributed by atoms with Gasteiger partial charge >= 0.3 is 5.97 Å². The molecule has 1 unspecified atom stereocenters. The molecule has 1 heterocycles. The molecule has 0 aliphatic carbocycles. The molecule has 4 nitrogen and oxygen atoms in total. The average Bonchev–Trinajstić information content (AvgIpc) is 2.56. The molecule has 7 heteroatoms. The van der Waals surface area contributed by atoms with Gasteiger partial charge < -0.3 is 10.5 Å². The summed E-state index contributed by atoms with van der Waals surface area (Å²) in [6.07, 6.45) is 2.12. The summed E-state index contributed by atoms with van der Waals surface area (Å²) in [5.74, 6) is -1.22. The van der Waals surface area contributed by atoms with E-state index in [1.807, 2.05) is 6.92 Å². The number of allylic oxidation sites excluding steroid dienone is 1. The van der Waals surface area contributed by atoms with E-state index in [-0.39, 0.29) is 27.4 Å². The topological polar surface area (TPSA) is 64.7 Å². The maximum Gasteiger partial charge on any atom is 0.339 e. The van der Waals surface area contributed by atoms with Crippen molar-refractivity contribution in [2.24, 2.45) is 16.6 Å². The second kappa shape index (κ2) is 7.36. The van der Waals surface area contributed by atoms with Gasteiger partial charge in [0.05, 0.1) is 28.4 Å². The quantitative estimate of drug-likeness (QED) is 0.797. The zero-order chi connectivity index (χ0) is 18.0. The van der Waals surface area contributed by atoms with E-state index in [9.17, 15) is 9.18 Å². The van der Waals surface area contributed by atoms with Crippen molar-refractivity contribution in [3.05, 3.63) is 56.6 Å². The molecule has 1 aromatic carbocycles. The normalized spacial score (nSPS) is 18.5. The van der Waals surface area contributed by atoms with E-state index in [2.05, 4.69) is 4.99 Å². The molecule has 0 saturated carbocycles. The van der Waals surface area contributed by atoms with Crippen LogP contribution in [0.5, 0.6) is 0 Å². The average molecular weight is 371 g/mol. The van der Waals surface area contributed by atoms with Gasteiger partial charge in [-0.15, -0.1) is 0 Å². The number of ether oxygens (including phenoxy) is 1. The van der Waals surface area contributed by atoms with E-state index in [1.165, 1.54) is 13.2 Å². The zero-order valence-electron chi connectivity index (χ0n) is 13.5. The van der Waals surface area contributed by atoms with Crippen molar-refractivity contribution in [2.45, 2.75) is 20.3 Å². The third-order valence-corrected chi connectivity index (χ3v) is 4.55. The summed E-state index contributed by atoms with van der Waals surface area (Å²) in [7, 11) is 1.26. The van der Waals surface area contributed by atoms with E-state index in [4.69, 9.17) is 33.7 Å². The van der Waals surface area contributed by atoms with Crippen molar-refractivity contribution < 1.29 is 13.9 Å². The molecule has 0 bridgehead atoms. The van der Waals surface area contributed by atoms with Crippen molar-refractivity contribution in [3.63, 3.8) is 0 Å². The fourth-order valence-corrected chi connectivity index (χ4v) is 2.86. The number of aliphatic imine (C=N–C) groups is 1. The molecule has 0 radical (unpaired) electrons. The Morgan fingerprint density at radius 2 is 2.08 bits per heavy atom. The number of nitrogens with zero attached hydrogens (tertiary/aromatic N) is 1. The molecular weight excluding hydrogens is 354 g/mol. The number of rotatable bonds is 2. The first kappa shape index (κ1) is 18.5. The Labute approximate surface area is 149 Å². The summed E-state index contributed by atoms with van der Waals surface area (Å²) in [6, 6.07) is 3.17. The molecule has 2 N–H and O–H groups in total. The summed E-state index contributed by atoms with van der Waals surface area (Å²) in [6.45, 7) is 3.53. The van der Waals surface area contributed by atoms with Crippen LogP contribution < -0.4 is 5.73 Å². The first-order valence-electron chi connectivity index (χ1n) is 7.25. The van der Waals surface area contributed by atoms with Gasteiger partial charge in [-0.05, 0) is 25.0 Å². The number of carbonyl (C=O) groups is 1. The largest absolute Gasteiger partial charge is 0.465 e. The molecule has 1 aliphatic heterocycles. The predicted molar refractivity (Wildman–Crippen MR) is 93.6 cm³/mol. The number of hydrogen-bond donors (Lipinski definition) is 1. The minimum absolute atomic E-state index is 0.0124. The zero-order valence-corrected chi connectivity index (χ0v) is 15.0. The van der Waals surface area contributed by atoms with Crippen LogP contribution in [0.4, 0.5) is 4.39 Å². The van der Waals surface area contributed by atoms with Gasteiger partial charge in [-0.25, -0.2) is 14.2 Å². The van der Waals surface area contributed by atoms with Gasteiger partial charge in [0.1, 0.15) is 11.6 Å². The number of carbonyl (C=O) groups excluding carboxylic acids is 1. The number of benzene rings is 1. The van der Waals surface area contributed by atoms with E-state index in [0.29, 0.717) is 23.3 Å². The molecule has 0 amide bonds. The molecule has 0 fully saturated rings. The van der Waals surface area contributed by atoms with Gasteiger partial charge in [-0.1, -0.05) is 42.3 Å². The van der Waals surface area contributed by atoms with Crippen molar-refractivity contribution in [1.82, 2.24) is 0 Å². The monoisotopic (exact) mass is 370 g/mol. The number of esters is 1. The summed E-state index contributed by atoms with van der Waals surface area (Å²) >= 11 is 12.0. The lowest BCUT2D eigenvalue weighted by Crippen LogP contribution is -2.19. The van der Waals surface area contributed by atoms with Gasteiger partial charge in [0.15, 0.2) is 0 Å². The van der Waals surface area contributed by atoms with Crippen LogP contribution in [0.3, 0.4) is 0 Å². The van der Waals surface area contributed by atoms with E-state index < -0.39 is 11.8 Å². The van der Waals surface area contributed by atoms with Crippen LogP contribution in [-0.2, 0) is 9.53 Å². The highest BCUT2D eigenvalue weighted by Crippen LogP contribution is 2.29. The molecule has 128 valence electrons. The summed E-state index contributed by atoms with van der Waals surface area (Å²) in [5, 5.41) is 0.0584. The Morgan fingerprint density at radius 3 is 2.71 bits per heavy atom. The van der Waals surface area contributed by atoms with Crippen LogP contribution in [-0.4, -0.2) is 18.8 Å². The highest BCUT2D eigenvalue weighted by molar-refractivity contribution is 6.35. The highest BCUT2D eigenvalue weighted by Gasteiger charge is 2.24. The van der Waals surface area contributed by atoms with Gasteiger partial charge in [0, 0.05) is 11.5 Å². The Morgan fingerprint density at radius 1 is 1.42 bits per heavy atom. The summed E-state index contributed by atoms with van der Waals surface area (Å²) in [4.78, 5) is 16.2. The van der Waals surface area contributed by atoms with Crippen molar-refractivity contribution in [2.75, 3.05) is 7.11 Å². The second-order valence-electron chi connectivity index (χ2n) is 5.48. The molecule has 1 aliphatic rings. The third kappa shape index (κ3) is 3.47. The fraction of sp³-hybridized carbons (Fsp3) is 0.294. The second-order valence-corrected chi connectivity index (χ2v) is 6.26. The highest BCUT2D eigenvalue weighted by atomic mass is 35.5. The Balaban J connectivity index is 2.60. The molecule has 0 spiro atoms. The number of methoxy groups -OCH3 is 1. The first-order chi connectivity index (χ1) is 11.3. The SMILES string of the molecule is COC(=O)C1=CCC(C)C(c2ccc(Cl)c(F)c2C)=NC(N)=C1Cl. The minimum Gasteiger partial charge on any atom is -0.465 e. The molecular formula is C17H17Cl2FN2O2. The number of nitrogens with two attached hydrogens (primary N) is 1. The Kier molecular flexibility index (Phi) is 5.67. The minimum atomic E-state index is -0.581. The molecule has 0 saturated heterocycles. The van der Waals surface area contributed by atoms with Crippen LogP contribution >= 0.6 is 23.2 Å². The molecule has 2 rings (SSSR count). The van der Waals surface area contributed by atoms with Crippen LogP contribution in [0.15, 0.2) is 39.6 Å². The van der Waals surface area contributed by atoms with Gasteiger partial charge in [-0.3, -0.25) is 0 Å². The summed E-state index contributed by atoms with van der Waals surface area (Å²) in [5.41, 5.74) is 7.67. The molecule has 0 aromatic heterocycles. The molecule has 1 atom stereocenters. The lowest BCUT2D eigenvalue weighted by atomic mass is 9.91. The van der Waals surface area contributed by atoms with Crippen LogP contribution in [0.25, 0.3) is 0 Å². The summed E-state index contributed by atoms with van der Waals surface area (Å²) < 4.78 is 18.8. The van der Waals surface area contributed by atoms with Crippen molar-refractivity contribution in [1.29, 1.82) is 0 Å². The van der Waals surface area contributed by atoms with Gasteiger partial charge in [-0.2, -0.15) is 0 Å². The maximum absolute atomic E-state index is 14.1. The fourth-order valence-electron chi connectivity index (χ4n) is 2.46. The predicted octanol–water partition coefficient (Wildman–Crippen LogP) is 4.08. The van der Waals surface area contributed by atoms with E-state index in [0.717, 1.165) is 0 Å². The lowest BCUT2D eigenvalue weighted by Gasteiger charge is -2.19. The van der Waals surface area contributed by atoms with Gasteiger partial charge in [0.2, 0.25) is 0 Å². The molecule has 24 heavy (non-hydrogen) atoms. The lowest BCUT2D eigenvalue weighted by molar-refractivity contribution is -0.135. The van der Waals surface area contributed by atoms with Crippen molar-refractivity contribution in [3.8, 4) is 0 Å². The number of hydrogen-bond acceptors (Lipinski definition) is 4. The standard InChI is InChI=1S/C17H17Cl2FN2O2/c1-8-4-5-11(17(23)24-3)13(19)16(21)22-15(8)10-6-7-12(18)14(20)9(10)2/h5-8H,4,21H2,1-3H3. The number of halogens is 3. The molecule has 1 aromatic rings. The Bertz CT molecular complexity index is 785. The maximum atomic E-state index is 14.1. The van der Waals surface area contributed by atoms with Crippen LogP contribution in [0.2, 0.25) is 5.02 Å². The third-order valence-electron chi connectivity index (χ3n) is 3.87. The van der Waals surface area contributed by atoms with Crippen LogP contribution in [0, 0.1) is 18.7 Å². The Hall–Kier alpha value is -1.85. The van der Waals surface area contributed by atoms with Crippen LogP contribution in [0.1, 0.15) is 24.5 Å². The smallest absolute Gasteiger partial charge is 0.339 e. The van der Waals surface area contributed by atoms with E-state index in [1.54, 1.807) is 19.1 Å². The van der Waals surface area contributed by atoms with Gasteiger partial charge in [0.25, 0.3) is 0 Å². The van der Waals surface area contributed by atoms with E-state index >= 15 is 0 Å². The first-order valence-corrected chi connectivity index (χ1v) is 8.01. The van der Waals surface area contributed by atoms with Crippen molar-refractivity contribution >= 4 is 34.9 Å².